The molecule has 0 spiro atoms. The van der Waals surface area contributed by atoms with Crippen molar-refractivity contribution in [2.75, 3.05) is 11.9 Å². The maximum Gasteiger partial charge on any atom is 0.101 e. The smallest absolute Gasteiger partial charge is 0.101 e. The zero-order valence-electron chi connectivity index (χ0n) is 11.5. The van der Waals surface area contributed by atoms with E-state index in [4.69, 9.17) is 21.6 Å². The van der Waals surface area contributed by atoms with Crippen molar-refractivity contribution in [1.82, 2.24) is 0 Å². The van der Waals surface area contributed by atoms with Crippen LogP contribution in [0.25, 0.3) is 0 Å². The third-order valence-electron chi connectivity index (χ3n) is 3.98. The quantitative estimate of drug-likeness (QED) is 0.910. The zero-order chi connectivity index (χ0) is 14.0. The molecule has 19 heavy (non-hydrogen) atoms. The van der Waals surface area contributed by atoms with Crippen molar-refractivity contribution in [3.05, 3.63) is 28.8 Å². The number of hydrogen-bond donors (Lipinski definition) is 1. The SMILES string of the molecule is CCOC1CC(Nc2ccc(C#N)c(Cl)c2)C1(C)C. The third kappa shape index (κ3) is 2.70. The highest BCUT2D eigenvalue weighted by molar-refractivity contribution is 6.32. The third-order valence-corrected chi connectivity index (χ3v) is 4.29. The number of nitriles is 1. The highest BCUT2D eigenvalue weighted by Crippen LogP contribution is 2.44. The van der Waals surface area contributed by atoms with Gasteiger partial charge in [-0.15, -0.1) is 0 Å². The largest absolute Gasteiger partial charge is 0.382 e. The first-order valence-electron chi connectivity index (χ1n) is 6.56. The second kappa shape index (κ2) is 5.40. The maximum atomic E-state index is 8.85. The summed E-state index contributed by atoms with van der Waals surface area (Å²) in [5.74, 6) is 0. The fourth-order valence-corrected chi connectivity index (χ4v) is 2.73. The van der Waals surface area contributed by atoms with Gasteiger partial charge in [0.25, 0.3) is 0 Å². The molecule has 0 radical (unpaired) electrons. The molecule has 4 heteroatoms. The van der Waals surface area contributed by atoms with Crippen LogP contribution in [0.2, 0.25) is 5.02 Å². The Morgan fingerprint density at radius 3 is 2.79 bits per heavy atom. The van der Waals surface area contributed by atoms with Crippen LogP contribution in [0.5, 0.6) is 0 Å². The van der Waals surface area contributed by atoms with E-state index in [-0.39, 0.29) is 5.41 Å². The number of halogens is 1. The van der Waals surface area contributed by atoms with E-state index in [1.807, 2.05) is 19.1 Å². The van der Waals surface area contributed by atoms with Gasteiger partial charge >= 0.3 is 0 Å². The Balaban J connectivity index is 2.04. The average Bonchev–Trinajstić information content (AvgIpc) is 2.38. The van der Waals surface area contributed by atoms with E-state index < -0.39 is 0 Å². The van der Waals surface area contributed by atoms with Gasteiger partial charge in [0.1, 0.15) is 6.07 Å². The fourth-order valence-electron chi connectivity index (χ4n) is 2.51. The van der Waals surface area contributed by atoms with Crippen LogP contribution in [0.3, 0.4) is 0 Å². The minimum atomic E-state index is 0.108. The molecule has 0 aliphatic heterocycles. The lowest BCUT2D eigenvalue weighted by atomic mass is 9.64. The first kappa shape index (κ1) is 14.2. The predicted molar refractivity (Wildman–Crippen MR) is 77.4 cm³/mol. The Morgan fingerprint density at radius 2 is 2.26 bits per heavy atom. The standard InChI is InChI=1S/C15H19ClN2O/c1-4-19-14-8-13(15(14,2)3)18-11-6-5-10(9-17)12(16)7-11/h5-7,13-14,18H,4,8H2,1-3H3. The molecule has 2 atom stereocenters. The summed E-state index contributed by atoms with van der Waals surface area (Å²) in [5, 5.41) is 12.8. The monoisotopic (exact) mass is 278 g/mol. The summed E-state index contributed by atoms with van der Waals surface area (Å²) >= 11 is 6.04. The van der Waals surface area contributed by atoms with Crippen molar-refractivity contribution >= 4 is 17.3 Å². The Labute approximate surface area is 119 Å². The first-order valence-corrected chi connectivity index (χ1v) is 6.94. The summed E-state index contributed by atoms with van der Waals surface area (Å²) in [6, 6.07) is 7.89. The van der Waals surface area contributed by atoms with Gasteiger partial charge in [0, 0.05) is 23.8 Å². The van der Waals surface area contributed by atoms with Gasteiger partial charge in [0.05, 0.1) is 16.7 Å². The molecule has 1 aromatic carbocycles. The molecular formula is C15H19ClN2O. The van der Waals surface area contributed by atoms with Gasteiger partial charge in [-0.3, -0.25) is 0 Å². The summed E-state index contributed by atoms with van der Waals surface area (Å²) in [5.41, 5.74) is 1.57. The molecule has 1 saturated carbocycles. The number of ether oxygens (including phenoxy) is 1. The molecule has 1 aliphatic carbocycles. The second-order valence-corrected chi connectivity index (χ2v) is 5.91. The number of nitrogens with one attached hydrogen (secondary N) is 1. The molecule has 0 aromatic heterocycles. The lowest BCUT2D eigenvalue weighted by molar-refractivity contribution is -0.0975. The Bertz CT molecular complexity index is 507. The molecule has 0 saturated heterocycles. The number of rotatable bonds is 4. The number of nitrogens with zero attached hydrogens (tertiary/aromatic N) is 1. The predicted octanol–water partition coefficient (Wildman–Crippen LogP) is 3.83. The summed E-state index contributed by atoms with van der Waals surface area (Å²) in [6.45, 7) is 7.19. The Morgan fingerprint density at radius 1 is 1.53 bits per heavy atom. The van der Waals surface area contributed by atoms with Gasteiger partial charge in [-0.25, -0.2) is 0 Å². The van der Waals surface area contributed by atoms with Crippen molar-refractivity contribution in [2.24, 2.45) is 5.41 Å². The van der Waals surface area contributed by atoms with Crippen LogP contribution in [0, 0.1) is 16.7 Å². The van der Waals surface area contributed by atoms with E-state index in [0.29, 0.717) is 22.7 Å². The molecule has 0 bridgehead atoms. The molecular weight excluding hydrogens is 260 g/mol. The molecule has 1 fully saturated rings. The molecule has 1 aliphatic rings. The average molecular weight is 279 g/mol. The van der Waals surface area contributed by atoms with E-state index in [1.54, 1.807) is 6.07 Å². The molecule has 2 unspecified atom stereocenters. The molecule has 1 aromatic rings. The van der Waals surface area contributed by atoms with Crippen LogP contribution in [-0.2, 0) is 4.74 Å². The molecule has 2 rings (SSSR count). The van der Waals surface area contributed by atoms with E-state index >= 15 is 0 Å². The van der Waals surface area contributed by atoms with E-state index in [1.165, 1.54) is 0 Å². The van der Waals surface area contributed by atoms with Crippen LogP contribution in [0.15, 0.2) is 18.2 Å². The van der Waals surface area contributed by atoms with Crippen molar-refractivity contribution in [3.8, 4) is 6.07 Å². The van der Waals surface area contributed by atoms with Crippen LogP contribution in [-0.4, -0.2) is 18.8 Å². The van der Waals surface area contributed by atoms with Gasteiger partial charge in [-0.2, -0.15) is 5.26 Å². The van der Waals surface area contributed by atoms with E-state index in [9.17, 15) is 0 Å². The van der Waals surface area contributed by atoms with Crippen molar-refractivity contribution in [3.63, 3.8) is 0 Å². The molecule has 0 heterocycles. The van der Waals surface area contributed by atoms with Crippen LogP contribution in [0.1, 0.15) is 32.8 Å². The van der Waals surface area contributed by atoms with Gasteiger partial charge in [0.2, 0.25) is 0 Å². The minimum Gasteiger partial charge on any atom is -0.382 e. The minimum absolute atomic E-state index is 0.108. The van der Waals surface area contributed by atoms with Crippen molar-refractivity contribution in [1.29, 1.82) is 5.26 Å². The fraction of sp³-hybridized carbons (Fsp3) is 0.533. The molecule has 0 amide bonds. The molecule has 1 N–H and O–H groups in total. The summed E-state index contributed by atoms with van der Waals surface area (Å²) in [6.07, 6.45) is 1.31. The Kier molecular flexibility index (Phi) is 4.03. The van der Waals surface area contributed by atoms with Crippen LogP contribution >= 0.6 is 11.6 Å². The second-order valence-electron chi connectivity index (χ2n) is 5.50. The lowest BCUT2D eigenvalue weighted by Crippen LogP contribution is -2.58. The maximum absolute atomic E-state index is 8.85. The molecule has 3 nitrogen and oxygen atoms in total. The van der Waals surface area contributed by atoms with Crippen LogP contribution < -0.4 is 5.32 Å². The highest BCUT2D eigenvalue weighted by Gasteiger charge is 2.48. The zero-order valence-corrected chi connectivity index (χ0v) is 12.3. The Hall–Kier alpha value is -1.24. The normalized spacial score (nSPS) is 24.4. The van der Waals surface area contributed by atoms with Gasteiger partial charge < -0.3 is 10.1 Å². The summed E-state index contributed by atoms with van der Waals surface area (Å²) in [7, 11) is 0. The van der Waals surface area contributed by atoms with Crippen molar-refractivity contribution < 1.29 is 4.74 Å². The van der Waals surface area contributed by atoms with Gasteiger partial charge in [-0.05, 0) is 31.5 Å². The highest BCUT2D eigenvalue weighted by atomic mass is 35.5. The van der Waals surface area contributed by atoms with E-state index in [0.717, 1.165) is 18.7 Å². The van der Waals surface area contributed by atoms with Gasteiger partial charge in [0.15, 0.2) is 0 Å². The number of hydrogen-bond acceptors (Lipinski definition) is 3. The van der Waals surface area contributed by atoms with E-state index in [2.05, 4.69) is 25.2 Å². The van der Waals surface area contributed by atoms with Gasteiger partial charge in [-0.1, -0.05) is 25.4 Å². The van der Waals surface area contributed by atoms with Crippen molar-refractivity contribution in [2.45, 2.75) is 39.3 Å². The first-order chi connectivity index (χ1) is 8.98. The number of benzene rings is 1. The summed E-state index contributed by atoms with van der Waals surface area (Å²) in [4.78, 5) is 0. The lowest BCUT2D eigenvalue weighted by Gasteiger charge is -2.52. The molecule has 102 valence electrons. The number of anilines is 1. The summed E-state index contributed by atoms with van der Waals surface area (Å²) < 4.78 is 5.71. The topological polar surface area (TPSA) is 45.0 Å². The van der Waals surface area contributed by atoms with Crippen LogP contribution in [0.4, 0.5) is 5.69 Å².